The molecule has 1 aromatic carbocycles. The van der Waals surface area contributed by atoms with Crippen LogP contribution in [0.4, 0.5) is 5.69 Å². The number of anilines is 1. The van der Waals surface area contributed by atoms with Gasteiger partial charge in [0.1, 0.15) is 0 Å². The van der Waals surface area contributed by atoms with Crippen LogP contribution in [0.25, 0.3) is 0 Å². The van der Waals surface area contributed by atoms with Crippen molar-refractivity contribution >= 4 is 29.9 Å². The number of hydrogen-bond acceptors (Lipinski definition) is 3. The van der Waals surface area contributed by atoms with E-state index < -0.39 is 0 Å². The Labute approximate surface area is 137 Å². The minimum atomic E-state index is -0.206. The predicted molar refractivity (Wildman–Crippen MR) is 90.4 cm³/mol. The number of para-hydroxylation sites is 1. The quantitative estimate of drug-likeness (QED) is 0.715. The first-order valence-corrected chi connectivity index (χ1v) is 7.39. The highest BCUT2D eigenvalue weighted by Crippen LogP contribution is 2.27. The van der Waals surface area contributed by atoms with Crippen LogP contribution in [0, 0.1) is 19.8 Å². The summed E-state index contributed by atoms with van der Waals surface area (Å²) in [6.07, 6.45) is 2.51. The number of halogens is 1. The summed E-state index contributed by atoms with van der Waals surface area (Å²) in [4.78, 5) is 23.4. The van der Waals surface area contributed by atoms with Gasteiger partial charge in [-0.25, -0.2) is 0 Å². The molecule has 0 atom stereocenters. The number of amides is 2. The molecule has 1 aromatic rings. The largest absolute Gasteiger partial charge is 0.346 e. The van der Waals surface area contributed by atoms with Crippen molar-refractivity contribution in [1.82, 2.24) is 10.6 Å². The van der Waals surface area contributed by atoms with Crippen LogP contribution in [0.1, 0.15) is 24.0 Å². The summed E-state index contributed by atoms with van der Waals surface area (Å²) < 4.78 is 0. The first kappa shape index (κ1) is 18.5. The van der Waals surface area contributed by atoms with Gasteiger partial charge in [0.05, 0.1) is 13.1 Å². The van der Waals surface area contributed by atoms with E-state index in [1.807, 2.05) is 32.0 Å². The maximum Gasteiger partial charge on any atom is 0.243 e. The van der Waals surface area contributed by atoms with Crippen molar-refractivity contribution in [3.63, 3.8) is 0 Å². The van der Waals surface area contributed by atoms with E-state index in [0.29, 0.717) is 0 Å². The highest BCUT2D eigenvalue weighted by Gasteiger charge is 2.20. The van der Waals surface area contributed by atoms with E-state index in [1.54, 1.807) is 0 Å². The Morgan fingerprint density at radius 3 is 2.32 bits per heavy atom. The number of carbonyl (C=O) groups excluding carboxylic acids is 2. The monoisotopic (exact) mass is 325 g/mol. The second-order valence-corrected chi connectivity index (χ2v) is 5.67. The average Bonchev–Trinajstić information content (AvgIpc) is 3.25. The number of carbonyl (C=O) groups is 2. The molecule has 0 aromatic heterocycles. The normalized spacial score (nSPS) is 13.2. The molecule has 22 heavy (non-hydrogen) atoms. The van der Waals surface area contributed by atoms with E-state index in [1.165, 1.54) is 12.8 Å². The molecule has 3 N–H and O–H groups in total. The first-order chi connectivity index (χ1) is 10.1. The Hall–Kier alpha value is -1.59. The molecule has 0 heterocycles. The second kappa shape index (κ2) is 8.76. The summed E-state index contributed by atoms with van der Waals surface area (Å²) in [6, 6.07) is 5.85. The molecule has 2 rings (SSSR count). The Morgan fingerprint density at radius 1 is 1.09 bits per heavy atom. The van der Waals surface area contributed by atoms with E-state index in [-0.39, 0.29) is 37.3 Å². The van der Waals surface area contributed by atoms with E-state index in [0.717, 1.165) is 29.3 Å². The van der Waals surface area contributed by atoms with Gasteiger partial charge in [-0.05, 0) is 50.3 Å². The lowest BCUT2D eigenvalue weighted by atomic mass is 10.1. The number of hydrogen-bond donors (Lipinski definition) is 3. The van der Waals surface area contributed by atoms with Crippen molar-refractivity contribution in [2.45, 2.75) is 26.7 Å². The average molecular weight is 326 g/mol. The van der Waals surface area contributed by atoms with Gasteiger partial charge in [0, 0.05) is 5.69 Å². The fraction of sp³-hybridized carbons (Fsp3) is 0.500. The highest BCUT2D eigenvalue weighted by molar-refractivity contribution is 5.95. The molecule has 0 unspecified atom stereocenters. The van der Waals surface area contributed by atoms with Gasteiger partial charge in [0.15, 0.2) is 0 Å². The zero-order chi connectivity index (χ0) is 15.2. The first-order valence-electron chi connectivity index (χ1n) is 7.39. The topological polar surface area (TPSA) is 70.2 Å². The zero-order valence-corrected chi connectivity index (χ0v) is 13.9. The molecule has 2 amide bonds. The van der Waals surface area contributed by atoms with Gasteiger partial charge >= 0.3 is 0 Å². The van der Waals surface area contributed by atoms with Crippen LogP contribution in [0.2, 0.25) is 0 Å². The van der Waals surface area contributed by atoms with Crippen LogP contribution in [0.3, 0.4) is 0 Å². The van der Waals surface area contributed by atoms with Gasteiger partial charge < -0.3 is 16.0 Å². The molecule has 5 nitrogen and oxygen atoms in total. The minimum absolute atomic E-state index is 0. The van der Waals surface area contributed by atoms with Crippen molar-refractivity contribution in [3.05, 3.63) is 29.3 Å². The number of aryl methyl sites for hydroxylation is 2. The molecule has 1 fully saturated rings. The lowest BCUT2D eigenvalue weighted by molar-refractivity contribution is -0.123. The van der Waals surface area contributed by atoms with Gasteiger partial charge in [-0.2, -0.15) is 0 Å². The van der Waals surface area contributed by atoms with Crippen LogP contribution in [0.5, 0.6) is 0 Å². The fourth-order valence-corrected chi connectivity index (χ4v) is 2.15. The maximum absolute atomic E-state index is 11.9. The Balaban J connectivity index is 0.00000242. The molecule has 6 heteroatoms. The van der Waals surface area contributed by atoms with E-state index in [9.17, 15) is 9.59 Å². The molecule has 0 radical (unpaired) electrons. The second-order valence-electron chi connectivity index (χ2n) is 5.67. The molecule has 122 valence electrons. The Bertz CT molecular complexity index is 510. The molecule has 0 spiro atoms. The summed E-state index contributed by atoms with van der Waals surface area (Å²) in [6.45, 7) is 5.05. The third-order valence-electron chi connectivity index (χ3n) is 3.61. The zero-order valence-electron chi connectivity index (χ0n) is 13.1. The molecule has 0 bridgehead atoms. The fourth-order valence-electron chi connectivity index (χ4n) is 2.15. The van der Waals surface area contributed by atoms with Gasteiger partial charge in [-0.3, -0.25) is 9.59 Å². The van der Waals surface area contributed by atoms with Gasteiger partial charge in [-0.15, -0.1) is 12.4 Å². The molecule has 1 saturated carbocycles. The van der Waals surface area contributed by atoms with Crippen molar-refractivity contribution in [2.75, 3.05) is 25.0 Å². The van der Waals surface area contributed by atoms with Crippen molar-refractivity contribution in [1.29, 1.82) is 0 Å². The SMILES string of the molecule is Cc1cccc(C)c1NC(=O)CNC(=O)CNCC1CC1.Cl. The van der Waals surface area contributed by atoms with Crippen LogP contribution < -0.4 is 16.0 Å². The van der Waals surface area contributed by atoms with Crippen molar-refractivity contribution in [2.24, 2.45) is 5.92 Å². The van der Waals surface area contributed by atoms with Crippen LogP contribution >= 0.6 is 12.4 Å². The van der Waals surface area contributed by atoms with Crippen molar-refractivity contribution in [3.8, 4) is 0 Å². The van der Waals surface area contributed by atoms with E-state index in [4.69, 9.17) is 0 Å². The van der Waals surface area contributed by atoms with Crippen LogP contribution in [-0.4, -0.2) is 31.4 Å². The predicted octanol–water partition coefficient (Wildman–Crippen LogP) is 1.78. The van der Waals surface area contributed by atoms with E-state index >= 15 is 0 Å². The van der Waals surface area contributed by atoms with Gasteiger partial charge in [-0.1, -0.05) is 18.2 Å². The van der Waals surface area contributed by atoms with Crippen LogP contribution in [-0.2, 0) is 9.59 Å². The summed E-state index contributed by atoms with van der Waals surface area (Å²) in [5.74, 6) is 0.389. The summed E-state index contributed by atoms with van der Waals surface area (Å²) >= 11 is 0. The van der Waals surface area contributed by atoms with E-state index in [2.05, 4.69) is 16.0 Å². The number of rotatable bonds is 7. The van der Waals surface area contributed by atoms with Gasteiger partial charge in [0.25, 0.3) is 0 Å². The summed E-state index contributed by atoms with van der Waals surface area (Å²) in [5, 5.41) is 8.56. The summed E-state index contributed by atoms with van der Waals surface area (Å²) in [7, 11) is 0. The smallest absolute Gasteiger partial charge is 0.243 e. The molecule has 1 aliphatic rings. The number of nitrogens with one attached hydrogen (secondary N) is 3. The van der Waals surface area contributed by atoms with Crippen LogP contribution in [0.15, 0.2) is 18.2 Å². The molecular formula is C16H24ClN3O2. The lowest BCUT2D eigenvalue weighted by Crippen LogP contribution is -2.39. The molecule has 1 aliphatic carbocycles. The van der Waals surface area contributed by atoms with Gasteiger partial charge in [0.2, 0.25) is 11.8 Å². The highest BCUT2D eigenvalue weighted by atomic mass is 35.5. The third kappa shape index (κ3) is 6.03. The summed E-state index contributed by atoms with van der Waals surface area (Å²) in [5.41, 5.74) is 2.85. The minimum Gasteiger partial charge on any atom is -0.346 e. The Kier molecular flexibility index (Phi) is 7.35. The molecule has 0 saturated heterocycles. The lowest BCUT2D eigenvalue weighted by Gasteiger charge is -2.12. The maximum atomic E-state index is 11.9. The Morgan fingerprint density at radius 2 is 1.73 bits per heavy atom. The molecular weight excluding hydrogens is 302 g/mol. The number of benzene rings is 1. The molecule has 0 aliphatic heterocycles. The third-order valence-corrected chi connectivity index (χ3v) is 3.61. The standard InChI is InChI=1S/C16H23N3O2.ClH/c1-11-4-3-5-12(2)16(11)19-15(21)10-18-14(20)9-17-8-13-6-7-13;/h3-5,13,17H,6-10H2,1-2H3,(H,18,20)(H,19,21);1H. The van der Waals surface area contributed by atoms with Crippen molar-refractivity contribution < 1.29 is 9.59 Å².